The van der Waals surface area contributed by atoms with Crippen LogP contribution in [0.5, 0.6) is 0 Å². The monoisotopic (exact) mass is 425 g/mol. The summed E-state index contributed by atoms with van der Waals surface area (Å²) in [5.41, 5.74) is 8.01. The van der Waals surface area contributed by atoms with Gasteiger partial charge in [-0.3, -0.25) is 4.90 Å². The van der Waals surface area contributed by atoms with Gasteiger partial charge in [0.05, 0.1) is 6.04 Å². The Morgan fingerprint density at radius 1 is 0.875 bits per heavy atom. The summed E-state index contributed by atoms with van der Waals surface area (Å²) in [6, 6.07) is 28.7. The van der Waals surface area contributed by atoms with Crippen LogP contribution in [-0.2, 0) is 13.0 Å². The molecule has 4 aromatic rings. The van der Waals surface area contributed by atoms with Gasteiger partial charge in [-0.25, -0.2) is 0 Å². The molecule has 0 bridgehead atoms. The van der Waals surface area contributed by atoms with Crippen LogP contribution in [0.4, 0.5) is 5.69 Å². The van der Waals surface area contributed by atoms with E-state index >= 15 is 0 Å². The lowest BCUT2D eigenvalue weighted by Crippen LogP contribution is -2.22. The lowest BCUT2D eigenvalue weighted by molar-refractivity contribution is 0.342. The first-order valence-corrected chi connectivity index (χ1v) is 11.7. The largest absolute Gasteiger partial charge is 0.385 e. The van der Waals surface area contributed by atoms with Crippen molar-refractivity contribution in [1.82, 2.24) is 9.47 Å². The molecule has 166 valence electrons. The molecule has 1 heterocycles. The zero-order valence-corrected chi connectivity index (χ0v) is 19.8. The van der Waals surface area contributed by atoms with E-state index in [0.717, 1.165) is 25.9 Å². The summed E-state index contributed by atoms with van der Waals surface area (Å²) in [6.45, 7) is 6.46. The molecule has 0 radical (unpaired) electrons. The molecular formula is C29H35N3. The quantitative estimate of drug-likeness (QED) is 0.302. The van der Waals surface area contributed by atoms with Gasteiger partial charge in [0.15, 0.2) is 0 Å². The minimum Gasteiger partial charge on any atom is -0.385 e. The second-order valence-corrected chi connectivity index (χ2v) is 8.76. The van der Waals surface area contributed by atoms with Crippen molar-refractivity contribution in [3.8, 4) is 0 Å². The SMILES string of the molecule is CCn1c(C)c(C(c2ccc(NCCCc3ccccc3)cc2)N(C)C)c2ccccc21. The summed E-state index contributed by atoms with van der Waals surface area (Å²) in [6.07, 6.45) is 2.23. The summed E-state index contributed by atoms with van der Waals surface area (Å²) in [5, 5.41) is 4.94. The van der Waals surface area contributed by atoms with Crippen LogP contribution < -0.4 is 5.32 Å². The Labute approximate surface area is 192 Å². The fourth-order valence-electron chi connectivity index (χ4n) is 4.89. The normalized spacial score (nSPS) is 12.4. The molecule has 4 rings (SSSR count). The Bertz CT molecular complexity index is 1140. The van der Waals surface area contributed by atoms with Crippen molar-refractivity contribution in [3.63, 3.8) is 0 Å². The summed E-state index contributed by atoms with van der Waals surface area (Å²) in [5.74, 6) is 0. The number of benzene rings is 3. The Kier molecular flexibility index (Phi) is 6.96. The van der Waals surface area contributed by atoms with E-state index in [9.17, 15) is 0 Å². The van der Waals surface area contributed by atoms with Gasteiger partial charge in [0.25, 0.3) is 0 Å². The van der Waals surface area contributed by atoms with Gasteiger partial charge in [-0.2, -0.15) is 0 Å². The molecule has 1 N–H and O–H groups in total. The fraction of sp³-hybridized carbons (Fsp3) is 0.310. The zero-order valence-electron chi connectivity index (χ0n) is 19.8. The second-order valence-electron chi connectivity index (χ2n) is 8.76. The van der Waals surface area contributed by atoms with Crippen LogP contribution in [0.15, 0.2) is 78.9 Å². The summed E-state index contributed by atoms with van der Waals surface area (Å²) in [7, 11) is 4.36. The molecule has 0 aliphatic carbocycles. The first kappa shape index (κ1) is 22.2. The van der Waals surface area contributed by atoms with E-state index in [2.05, 4.69) is 122 Å². The summed E-state index contributed by atoms with van der Waals surface area (Å²) >= 11 is 0. The third kappa shape index (κ3) is 4.58. The Morgan fingerprint density at radius 2 is 1.56 bits per heavy atom. The smallest absolute Gasteiger partial charge is 0.0620 e. The highest BCUT2D eigenvalue weighted by Gasteiger charge is 2.24. The Hall–Kier alpha value is -3.04. The molecule has 3 heteroatoms. The van der Waals surface area contributed by atoms with Crippen molar-refractivity contribution >= 4 is 16.6 Å². The zero-order chi connectivity index (χ0) is 22.5. The van der Waals surface area contributed by atoms with Crippen molar-refractivity contribution in [1.29, 1.82) is 0 Å². The number of hydrogen-bond acceptors (Lipinski definition) is 2. The Morgan fingerprint density at radius 3 is 2.25 bits per heavy atom. The fourth-order valence-corrected chi connectivity index (χ4v) is 4.89. The molecule has 0 fully saturated rings. The maximum atomic E-state index is 3.59. The molecule has 1 atom stereocenters. The second kappa shape index (κ2) is 10.1. The van der Waals surface area contributed by atoms with E-state index in [1.54, 1.807) is 0 Å². The standard InChI is InChI=1S/C29H35N3/c1-5-32-22(2)28(26-15-9-10-16-27(26)32)29(31(3)4)24-17-19-25(20-18-24)30-21-11-14-23-12-7-6-8-13-23/h6-10,12-13,15-20,29-30H,5,11,14,21H2,1-4H3. The van der Waals surface area contributed by atoms with E-state index in [0.29, 0.717) is 0 Å². The van der Waals surface area contributed by atoms with Crippen molar-refractivity contribution in [2.45, 2.75) is 39.3 Å². The number of rotatable bonds is 9. The number of nitrogens with zero attached hydrogens (tertiary/aromatic N) is 2. The third-order valence-corrected chi connectivity index (χ3v) is 6.43. The van der Waals surface area contributed by atoms with Gasteiger partial charge in [0, 0.05) is 40.9 Å². The Balaban J connectivity index is 1.52. The number of hydrogen-bond donors (Lipinski definition) is 1. The molecule has 0 saturated heterocycles. The van der Waals surface area contributed by atoms with E-state index in [1.807, 2.05) is 0 Å². The van der Waals surface area contributed by atoms with Crippen LogP contribution in [0.1, 0.15) is 41.8 Å². The lowest BCUT2D eigenvalue weighted by Gasteiger charge is -2.26. The van der Waals surface area contributed by atoms with E-state index in [-0.39, 0.29) is 6.04 Å². The van der Waals surface area contributed by atoms with Gasteiger partial charge in [0.1, 0.15) is 0 Å². The van der Waals surface area contributed by atoms with E-state index in [1.165, 1.54) is 39.0 Å². The first-order chi connectivity index (χ1) is 15.6. The minimum absolute atomic E-state index is 0.222. The van der Waals surface area contributed by atoms with Gasteiger partial charge in [0.2, 0.25) is 0 Å². The molecule has 1 unspecified atom stereocenters. The number of nitrogens with one attached hydrogen (secondary N) is 1. The average molecular weight is 426 g/mol. The van der Waals surface area contributed by atoms with Crippen molar-refractivity contribution in [2.75, 3.05) is 26.0 Å². The van der Waals surface area contributed by atoms with Crippen molar-refractivity contribution in [3.05, 3.63) is 101 Å². The molecule has 0 amide bonds. The van der Waals surface area contributed by atoms with Crippen molar-refractivity contribution in [2.24, 2.45) is 0 Å². The van der Waals surface area contributed by atoms with Crippen LogP contribution in [0, 0.1) is 6.92 Å². The van der Waals surface area contributed by atoms with E-state index < -0.39 is 0 Å². The van der Waals surface area contributed by atoms with Crippen molar-refractivity contribution < 1.29 is 0 Å². The number of fused-ring (bicyclic) bond motifs is 1. The van der Waals surface area contributed by atoms with Crippen LogP contribution >= 0.6 is 0 Å². The molecular weight excluding hydrogens is 390 g/mol. The molecule has 0 spiro atoms. The average Bonchev–Trinajstić information content (AvgIpc) is 3.09. The van der Waals surface area contributed by atoms with Gasteiger partial charge >= 0.3 is 0 Å². The number of para-hydroxylation sites is 1. The molecule has 3 nitrogen and oxygen atoms in total. The minimum atomic E-state index is 0.222. The maximum Gasteiger partial charge on any atom is 0.0620 e. The maximum absolute atomic E-state index is 3.59. The topological polar surface area (TPSA) is 20.2 Å². The molecule has 1 aromatic heterocycles. The first-order valence-electron chi connectivity index (χ1n) is 11.7. The van der Waals surface area contributed by atoms with Crippen LogP contribution in [-0.4, -0.2) is 30.1 Å². The van der Waals surface area contributed by atoms with Crippen LogP contribution in [0.25, 0.3) is 10.9 Å². The number of anilines is 1. The highest BCUT2D eigenvalue weighted by Crippen LogP contribution is 2.37. The number of aryl methyl sites for hydroxylation is 2. The highest BCUT2D eigenvalue weighted by atomic mass is 15.1. The van der Waals surface area contributed by atoms with E-state index in [4.69, 9.17) is 0 Å². The predicted molar refractivity (Wildman–Crippen MR) is 138 cm³/mol. The van der Waals surface area contributed by atoms with Gasteiger partial charge in [-0.15, -0.1) is 0 Å². The van der Waals surface area contributed by atoms with Crippen LogP contribution in [0.3, 0.4) is 0 Å². The van der Waals surface area contributed by atoms with Gasteiger partial charge in [-0.1, -0.05) is 60.7 Å². The molecule has 3 aromatic carbocycles. The number of aromatic nitrogens is 1. The lowest BCUT2D eigenvalue weighted by atomic mass is 9.95. The van der Waals surface area contributed by atoms with Gasteiger partial charge in [-0.05, 0) is 70.1 Å². The molecule has 0 saturated carbocycles. The summed E-state index contributed by atoms with van der Waals surface area (Å²) < 4.78 is 2.43. The predicted octanol–water partition coefficient (Wildman–Crippen LogP) is 6.67. The molecule has 0 aliphatic rings. The highest BCUT2D eigenvalue weighted by molar-refractivity contribution is 5.86. The van der Waals surface area contributed by atoms with Gasteiger partial charge < -0.3 is 9.88 Å². The summed E-state index contributed by atoms with van der Waals surface area (Å²) in [4.78, 5) is 2.33. The van der Waals surface area contributed by atoms with Crippen LogP contribution in [0.2, 0.25) is 0 Å². The molecule has 0 aliphatic heterocycles. The molecule has 32 heavy (non-hydrogen) atoms. The third-order valence-electron chi connectivity index (χ3n) is 6.43.